The molecule has 0 radical (unpaired) electrons. The zero-order valence-corrected chi connectivity index (χ0v) is 18.2. The third-order valence-corrected chi connectivity index (χ3v) is 3.92. The molecule has 0 aliphatic heterocycles. The van der Waals surface area contributed by atoms with E-state index in [4.69, 9.17) is 0 Å². The van der Waals surface area contributed by atoms with Crippen LogP contribution in [-0.4, -0.2) is 49.4 Å². The lowest BCUT2D eigenvalue weighted by atomic mass is 9.92. The molecule has 28 heavy (non-hydrogen) atoms. The van der Waals surface area contributed by atoms with Gasteiger partial charge < -0.3 is 21.3 Å². The normalized spacial score (nSPS) is 11.4. The molecule has 0 aliphatic rings. The minimum atomic E-state index is -0.811. The molecule has 0 fully saturated rings. The van der Waals surface area contributed by atoms with Crippen LogP contribution in [-0.2, 0) is 14.4 Å². The summed E-state index contributed by atoms with van der Waals surface area (Å²) >= 11 is 0. The Morgan fingerprint density at radius 2 is 0.929 bits per heavy atom. The van der Waals surface area contributed by atoms with Crippen molar-refractivity contribution in [3.8, 4) is 0 Å². The van der Waals surface area contributed by atoms with E-state index in [9.17, 15) is 14.4 Å². The molecule has 4 N–H and O–H groups in total. The van der Waals surface area contributed by atoms with Gasteiger partial charge in [0.25, 0.3) is 0 Å². The van der Waals surface area contributed by atoms with E-state index in [2.05, 4.69) is 61.8 Å². The first kappa shape index (κ1) is 25.6. The molecule has 0 aromatic heterocycles. The molecule has 0 bridgehead atoms. The van der Waals surface area contributed by atoms with E-state index in [1.807, 2.05) is 0 Å². The van der Waals surface area contributed by atoms with Crippen LogP contribution in [0.1, 0.15) is 41.5 Å². The lowest BCUT2D eigenvalue weighted by Gasteiger charge is -2.38. The van der Waals surface area contributed by atoms with Crippen LogP contribution >= 0.6 is 0 Å². The van der Waals surface area contributed by atoms with Crippen molar-refractivity contribution in [1.29, 1.82) is 0 Å². The molecule has 0 spiro atoms. The second-order valence-corrected chi connectivity index (χ2v) is 8.58. The van der Waals surface area contributed by atoms with E-state index in [1.54, 1.807) is 20.8 Å². The fourth-order valence-corrected chi connectivity index (χ4v) is 2.03. The average Bonchev–Trinajstić information content (AvgIpc) is 2.58. The van der Waals surface area contributed by atoms with Gasteiger partial charge in [-0.05, 0) is 26.2 Å². The second kappa shape index (κ2) is 10.8. The molecule has 0 atom stereocenters. The zero-order valence-electron chi connectivity index (χ0n) is 18.2. The fraction of sp³-hybridized carbons (Fsp3) is 0.571. The number of rotatable bonds is 11. The molecule has 0 unspecified atom stereocenters. The summed E-state index contributed by atoms with van der Waals surface area (Å²) in [7, 11) is 0. The predicted molar refractivity (Wildman–Crippen MR) is 114 cm³/mol. The molecule has 7 nitrogen and oxygen atoms in total. The van der Waals surface area contributed by atoms with Crippen molar-refractivity contribution in [1.82, 2.24) is 21.3 Å². The minimum absolute atomic E-state index is 0.0552. The van der Waals surface area contributed by atoms with E-state index in [1.165, 1.54) is 0 Å². The van der Waals surface area contributed by atoms with Gasteiger partial charge in [-0.25, -0.2) is 0 Å². The zero-order chi connectivity index (χ0) is 22.1. The van der Waals surface area contributed by atoms with Gasteiger partial charge in [-0.1, -0.05) is 40.5 Å². The number of nitrogens with one attached hydrogen (secondary N) is 4. The third kappa shape index (κ3) is 10.1. The van der Waals surface area contributed by atoms with E-state index in [0.717, 1.165) is 0 Å². The number of amides is 3. The molecular formula is C21H36N4O3. The standard InChI is InChI=1S/C21H36N4O3/c1-14(2)17(26)22-11-21(25-10-20(7,8)9,12-23-18(27)15(3)4)13-24-19(28)16(5)6/h25H,1,3,5,10-13H2,2,4,6-9H3,(H,22,26)(H,23,27)(H,24,28). The average molecular weight is 393 g/mol. The molecule has 0 rings (SSSR count). The predicted octanol–water partition coefficient (Wildman–Crippen LogP) is 1.44. The van der Waals surface area contributed by atoms with Crippen LogP contribution in [0.5, 0.6) is 0 Å². The van der Waals surface area contributed by atoms with Crippen molar-refractivity contribution >= 4 is 17.7 Å². The summed E-state index contributed by atoms with van der Waals surface area (Å²) in [5, 5.41) is 11.9. The van der Waals surface area contributed by atoms with Gasteiger partial charge >= 0.3 is 0 Å². The summed E-state index contributed by atoms with van der Waals surface area (Å²) in [5.74, 6) is -0.877. The largest absolute Gasteiger partial charge is 0.350 e. The van der Waals surface area contributed by atoms with E-state index < -0.39 is 5.54 Å². The van der Waals surface area contributed by atoms with Crippen LogP contribution in [0.4, 0.5) is 0 Å². The molecule has 158 valence electrons. The number of carbonyl (C=O) groups excluding carboxylic acids is 3. The van der Waals surface area contributed by atoms with Gasteiger partial charge in [-0.15, -0.1) is 0 Å². The van der Waals surface area contributed by atoms with Crippen LogP contribution in [0.15, 0.2) is 36.5 Å². The summed E-state index contributed by atoms with van der Waals surface area (Å²) in [6.45, 7) is 23.1. The van der Waals surface area contributed by atoms with Gasteiger partial charge in [-0.3, -0.25) is 14.4 Å². The molecule has 7 heteroatoms. The minimum Gasteiger partial charge on any atom is -0.350 e. The summed E-state index contributed by atoms with van der Waals surface area (Å²) in [4.78, 5) is 36.1. The second-order valence-electron chi connectivity index (χ2n) is 8.58. The van der Waals surface area contributed by atoms with Crippen LogP contribution in [0.2, 0.25) is 0 Å². The van der Waals surface area contributed by atoms with Gasteiger partial charge in [0, 0.05) is 42.9 Å². The van der Waals surface area contributed by atoms with E-state index >= 15 is 0 Å². The Hall–Kier alpha value is -2.41. The van der Waals surface area contributed by atoms with Crippen molar-refractivity contribution < 1.29 is 14.4 Å². The summed E-state index contributed by atoms with van der Waals surface area (Å²) < 4.78 is 0. The first-order valence-electron chi connectivity index (χ1n) is 9.25. The van der Waals surface area contributed by atoms with Crippen molar-refractivity contribution in [2.24, 2.45) is 5.41 Å². The maximum absolute atomic E-state index is 12.0. The van der Waals surface area contributed by atoms with Crippen LogP contribution in [0.25, 0.3) is 0 Å². The quantitative estimate of drug-likeness (QED) is 0.400. The Balaban J connectivity index is 5.62. The molecule has 0 aliphatic carbocycles. The highest BCUT2D eigenvalue weighted by Gasteiger charge is 2.33. The van der Waals surface area contributed by atoms with Crippen molar-refractivity contribution in [2.75, 3.05) is 26.2 Å². The molecule has 0 saturated heterocycles. The Bertz CT molecular complexity index is 570. The van der Waals surface area contributed by atoms with E-state index in [-0.39, 0.29) is 42.8 Å². The smallest absolute Gasteiger partial charge is 0.246 e. The highest BCUT2D eigenvalue weighted by molar-refractivity contribution is 5.93. The van der Waals surface area contributed by atoms with Crippen LogP contribution < -0.4 is 21.3 Å². The summed E-state index contributed by atoms with van der Waals surface area (Å²) in [5.41, 5.74) is 0.263. The van der Waals surface area contributed by atoms with Gasteiger partial charge in [-0.2, -0.15) is 0 Å². The third-order valence-electron chi connectivity index (χ3n) is 3.92. The van der Waals surface area contributed by atoms with Crippen LogP contribution in [0.3, 0.4) is 0 Å². The maximum atomic E-state index is 12.0. The Morgan fingerprint density at radius 1 is 0.643 bits per heavy atom. The molecule has 0 aromatic carbocycles. The van der Waals surface area contributed by atoms with Crippen LogP contribution in [0, 0.1) is 5.41 Å². The maximum Gasteiger partial charge on any atom is 0.246 e. The topological polar surface area (TPSA) is 99.3 Å². The van der Waals surface area contributed by atoms with Gasteiger partial charge in [0.15, 0.2) is 0 Å². The monoisotopic (exact) mass is 392 g/mol. The SMILES string of the molecule is C=C(C)C(=O)NCC(CNC(=O)C(=C)C)(CNC(=O)C(=C)C)NCC(C)(C)C. The van der Waals surface area contributed by atoms with Gasteiger partial charge in [0.05, 0.1) is 5.54 Å². The molecule has 0 heterocycles. The Labute approximate surface area is 169 Å². The summed E-state index contributed by atoms with van der Waals surface area (Å²) in [6, 6.07) is 0. The fourth-order valence-electron chi connectivity index (χ4n) is 2.03. The first-order valence-corrected chi connectivity index (χ1v) is 9.25. The van der Waals surface area contributed by atoms with Crippen molar-refractivity contribution in [3.63, 3.8) is 0 Å². The number of hydrogen-bond donors (Lipinski definition) is 4. The lowest BCUT2D eigenvalue weighted by molar-refractivity contribution is -0.117. The first-order chi connectivity index (χ1) is 12.7. The van der Waals surface area contributed by atoms with Gasteiger partial charge in [0.1, 0.15) is 0 Å². The summed E-state index contributed by atoms with van der Waals surface area (Å²) in [6.07, 6.45) is 0. The highest BCUT2D eigenvalue weighted by atomic mass is 16.2. The Kier molecular flexibility index (Phi) is 9.87. The molecule has 0 saturated carbocycles. The molecule has 3 amide bonds. The van der Waals surface area contributed by atoms with Crippen molar-refractivity contribution in [3.05, 3.63) is 36.5 Å². The lowest BCUT2D eigenvalue weighted by Crippen LogP contribution is -2.66. The number of hydrogen-bond acceptors (Lipinski definition) is 4. The van der Waals surface area contributed by atoms with Crippen molar-refractivity contribution in [2.45, 2.75) is 47.1 Å². The highest BCUT2D eigenvalue weighted by Crippen LogP contribution is 2.14. The van der Waals surface area contributed by atoms with E-state index in [0.29, 0.717) is 23.3 Å². The molecule has 0 aromatic rings. The van der Waals surface area contributed by atoms with Gasteiger partial charge in [0.2, 0.25) is 17.7 Å². The number of carbonyl (C=O) groups is 3. The molecular weight excluding hydrogens is 356 g/mol. The Morgan fingerprint density at radius 3 is 1.14 bits per heavy atom.